The quantitative estimate of drug-likeness (QED) is 0.594. The summed E-state index contributed by atoms with van der Waals surface area (Å²) in [5.74, 6) is 0. The molecule has 1 aromatic heterocycles. The molecule has 0 bridgehead atoms. The summed E-state index contributed by atoms with van der Waals surface area (Å²) in [6.45, 7) is 0. The van der Waals surface area contributed by atoms with Gasteiger partial charge in [-0.3, -0.25) is 4.98 Å². The van der Waals surface area contributed by atoms with Gasteiger partial charge in [0.25, 0.3) is 0 Å². The molecule has 0 saturated heterocycles. The summed E-state index contributed by atoms with van der Waals surface area (Å²) in [5.41, 5.74) is 0.854. The van der Waals surface area contributed by atoms with Crippen molar-refractivity contribution in [3.8, 4) is 0 Å². The van der Waals surface area contributed by atoms with Crippen LogP contribution in [0.4, 0.5) is 0 Å². The van der Waals surface area contributed by atoms with Crippen molar-refractivity contribution in [1.82, 2.24) is 4.98 Å². The first-order chi connectivity index (χ1) is 6.61. The Morgan fingerprint density at radius 1 is 1.07 bits per heavy atom. The number of hydrogen-bond acceptors (Lipinski definition) is 1. The second-order valence-corrected chi connectivity index (χ2v) is 5.53. The monoisotopic (exact) mass is 397 g/mol. The summed E-state index contributed by atoms with van der Waals surface area (Å²) in [5, 5.41) is 1.69. The first-order valence-electron chi connectivity index (χ1n) is 3.69. The van der Waals surface area contributed by atoms with Gasteiger partial charge in [0.05, 0.1) is 19.5 Å². The maximum atomic E-state index is 5.97. The van der Waals surface area contributed by atoms with E-state index in [0.29, 0.717) is 5.02 Å². The highest BCUT2D eigenvalue weighted by Crippen LogP contribution is 2.36. The van der Waals surface area contributed by atoms with Gasteiger partial charge in [0.1, 0.15) is 0 Å². The number of rotatable bonds is 0. The van der Waals surface area contributed by atoms with E-state index in [1.807, 2.05) is 12.1 Å². The molecule has 2 aromatic rings. The SMILES string of the molecule is Clc1ccc2c(Br)c(Br)cnc2c1Br. The minimum absolute atomic E-state index is 0.666. The lowest BCUT2D eigenvalue weighted by molar-refractivity contribution is 1.37. The zero-order valence-electron chi connectivity index (χ0n) is 6.69. The molecule has 0 aliphatic rings. The molecule has 0 spiro atoms. The van der Waals surface area contributed by atoms with Gasteiger partial charge in [0.2, 0.25) is 0 Å². The Morgan fingerprint density at radius 3 is 2.50 bits per heavy atom. The fourth-order valence-corrected chi connectivity index (χ4v) is 2.49. The number of nitrogens with zero attached hydrogens (tertiary/aromatic N) is 1. The summed E-state index contributed by atoms with van der Waals surface area (Å²) in [4.78, 5) is 4.29. The Balaban J connectivity index is 2.94. The van der Waals surface area contributed by atoms with E-state index in [-0.39, 0.29) is 0 Å². The Hall–Kier alpha value is 0.360. The normalized spacial score (nSPS) is 10.9. The number of halogens is 4. The molecule has 1 nitrogen and oxygen atoms in total. The van der Waals surface area contributed by atoms with Crippen LogP contribution in [0.15, 0.2) is 31.7 Å². The average molecular weight is 400 g/mol. The lowest BCUT2D eigenvalue weighted by atomic mass is 10.2. The second-order valence-electron chi connectivity index (χ2n) is 2.68. The zero-order chi connectivity index (χ0) is 10.3. The average Bonchev–Trinajstić information content (AvgIpc) is 2.17. The Bertz CT molecular complexity index is 466. The van der Waals surface area contributed by atoms with Crippen LogP contribution in [0.5, 0.6) is 0 Å². The molecule has 1 aromatic carbocycles. The molecule has 0 amide bonds. The van der Waals surface area contributed by atoms with Crippen LogP contribution in [0.1, 0.15) is 0 Å². The van der Waals surface area contributed by atoms with Crippen molar-refractivity contribution in [2.24, 2.45) is 0 Å². The van der Waals surface area contributed by atoms with Crippen molar-refractivity contribution in [2.45, 2.75) is 0 Å². The van der Waals surface area contributed by atoms with Gasteiger partial charge in [0.15, 0.2) is 0 Å². The van der Waals surface area contributed by atoms with Crippen LogP contribution in [-0.4, -0.2) is 4.98 Å². The van der Waals surface area contributed by atoms with Gasteiger partial charge >= 0.3 is 0 Å². The van der Waals surface area contributed by atoms with Crippen molar-refractivity contribution in [2.75, 3.05) is 0 Å². The van der Waals surface area contributed by atoms with Gasteiger partial charge in [-0.2, -0.15) is 0 Å². The second kappa shape index (κ2) is 4.08. The van der Waals surface area contributed by atoms with Crippen LogP contribution in [0.25, 0.3) is 10.9 Å². The van der Waals surface area contributed by atoms with Crippen LogP contribution in [0.3, 0.4) is 0 Å². The van der Waals surface area contributed by atoms with E-state index in [9.17, 15) is 0 Å². The van der Waals surface area contributed by atoms with Crippen LogP contribution in [-0.2, 0) is 0 Å². The molecule has 0 radical (unpaired) electrons. The third kappa shape index (κ3) is 1.73. The molecule has 1 heterocycles. The van der Waals surface area contributed by atoms with E-state index in [1.165, 1.54) is 0 Å². The van der Waals surface area contributed by atoms with Crippen LogP contribution >= 0.6 is 59.4 Å². The molecular weight excluding hydrogens is 397 g/mol. The fourth-order valence-electron chi connectivity index (χ4n) is 1.15. The lowest BCUT2D eigenvalue weighted by Gasteiger charge is -2.05. The molecule has 0 unspecified atom stereocenters. The molecule has 72 valence electrons. The predicted molar refractivity (Wildman–Crippen MR) is 69.9 cm³/mol. The van der Waals surface area contributed by atoms with E-state index in [1.54, 1.807) is 6.20 Å². The number of aromatic nitrogens is 1. The Kier molecular flexibility index (Phi) is 3.17. The predicted octanol–water partition coefficient (Wildman–Crippen LogP) is 5.18. The molecule has 0 aliphatic carbocycles. The van der Waals surface area contributed by atoms with Gasteiger partial charge in [0, 0.05) is 16.1 Å². The third-order valence-corrected chi connectivity index (χ3v) is 5.16. The minimum Gasteiger partial charge on any atom is -0.254 e. The topological polar surface area (TPSA) is 12.9 Å². The highest BCUT2D eigenvalue weighted by Gasteiger charge is 2.09. The van der Waals surface area contributed by atoms with Gasteiger partial charge in [-0.25, -0.2) is 0 Å². The zero-order valence-corrected chi connectivity index (χ0v) is 12.2. The summed E-state index contributed by atoms with van der Waals surface area (Å²) in [7, 11) is 0. The standard InChI is InChI=1S/C9H3Br3ClN/c10-5-3-14-9-4(7(5)11)1-2-6(13)8(9)12/h1-3H. The lowest BCUT2D eigenvalue weighted by Crippen LogP contribution is -1.83. The first kappa shape index (κ1) is 10.9. The first-order valence-corrected chi connectivity index (χ1v) is 6.44. The Labute approximate surface area is 111 Å². The van der Waals surface area contributed by atoms with Crippen LogP contribution in [0, 0.1) is 0 Å². The van der Waals surface area contributed by atoms with Gasteiger partial charge in [-0.1, -0.05) is 17.7 Å². The molecule has 0 N–H and O–H groups in total. The molecule has 5 heteroatoms. The van der Waals surface area contributed by atoms with Crippen molar-refractivity contribution in [3.05, 3.63) is 36.8 Å². The molecule has 2 rings (SSSR count). The van der Waals surface area contributed by atoms with E-state index in [2.05, 4.69) is 52.8 Å². The minimum atomic E-state index is 0.666. The molecular formula is C9H3Br3ClN. The highest BCUT2D eigenvalue weighted by molar-refractivity contribution is 9.13. The van der Waals surface area contributed by atoms with Gasteiger partial charge < -0.3 is 0 Å². The summed E-state index contributed by atoms with van der Waals surface area (Å²) in [6, 6.07) is 3.77. The molecule has 14 heavy (non-hydrogen) atoms. The summed E-state index contributed by atoms with van der Waals surface area (Å²) in [6.07, 6.45) is 1.74. The number of fused-ring (bicyclic) bond motifs is 1. The third-order valence-electron chi connectivity index (χ3n) is 1.82. The van der Waals surface area contributed by atoms with Gasteiger partial charge in [-0.05, 0) is 53.9 Å². The highest BCUT2D eigenvalue weighted by atomic mass is 79.9. The number of hydrogen-bond donors (Lipinski definition) is 0. The fraction of sp³-hybridized carbons (Fsp3) is 0. The van der Waals surface area contributed by atoms with Crippen molar-refractivity contribution in [3.63, 3.8) is 0 Å². The van der Waals surface area contributed by atoms with Crippen LogP contribution in [0.2, 0.25) is 5.02 Å². The Morgan fingerprint density at radius 2 is 1.79 bits per heavy atom. The largest absolute Gasteiger partial charge is 0.254 e. The van der Waals surface area contributed by atoms with Crippen molar-refractivity contribution in [1.29, 1.82) is 0 Å². The van der Waals surface area contributed by atoms with E-state index in [4.69, 9.17) is 11.6 Å². The van der Waals surface area contributed by atoms with Gasteiger partial charge in [-0.15, -0.1) is 0 Å². The maximum Gasteiger partial charge on any atom is 0.0871 e. The van der Waals surface area contributed by atoms with Crippen molar-refractivity contribution >= 4 is 70.3 Å². The summed E-state index contributed by atoms with van der Waals surface area (Å²) < 4.78 is 2.74. The molecule has 0 aliphatic heterocycles. The number of benzene rings is 1. The van der Waals surface area contributed by atoms with E-state index in [0.717, 1.165) is 24.3 Å². The molecule has 0 fully saturated rings. The maximum absolute atomic E-state index is 5.97. The summed E-state index contributed by atoms with van der Waals surface area (Å²) >= 11 is 16.3. The van der Waals surface area contributed by atoms with Crippen LogP contribution < -0.4 is 0 Å². The van der Waals surface area contributed by atoms with Crippen molar-refractivity contribution < 1.29 is 0 Å². The number of pyridine rings is 1. The molecule has 0 saturated carbocycles. The van der Waals surface area contributed by atoms with E-state index < -0.39 is 0 Å². The van der Waals surface area contributed by atoms with E-state index >= 15 is 0 Å². The smallest absolute Gasteiger partial charge is 0.0871 e. The molecule has 0 atom stereocenters.